The molecule has 1 aromatic carbocycles. The molecule has 4 fully saturated rings. The second kappa shape index (κ2) is 6.18. The Kier molecular flexibility index (Phi) is 4.09. The Morgan fingerprint density at radius 2 is 1.73 bits per heavy atom. The number of hydrogen-bond acceptors (Lipinski definition) is 5. The van der Waals surface area contributed by atoms with Crippen LogP contribution in [0.3, 0.4) is 0 Å². The van der Waals surface area contributed by atoms with Gasteiger partial charge >= 0.3 is 5.97 Å². The van der Waals surface area contributed by atoms with E-state index < -0.39 is 17.0 Å². The number of non-ortho nitro benzene ring substituents is 1. The van der Waals surface area contributed by atoms with E-state index in [1.165, 1.54) is 43.5 Å². The van der Waals surface area contributed by atoms with Crippen LogP contribution in [0.1, 0.15) is 55.8 Å². The lowest BCUT2D eigenvalue weighted by atomic mass is 9.48. The summed E-state index contributed by atoms with van der Waals surface area (Å²) < 4.78 is 5.41. The number of ketones is 1. The normalized spacial score (nSPS) is 32.9. The topological polar surface area (TPSA) is 86.5 Å². The van der Waals surface area contributed by atoms with E-state index in [0.717, 1.165) is 19.3 Å². The molecule has 1 aromatic rings. The van der Waals surface area contributed by atoms with E-state index in [1.807, 2.05) is 0 Å². The van der Waals surface area contributed by atoms with Gasteiger partial charge in [-0.15, -0.1) is 0 Å². The molecule has 4 saturated carbocycles. The first-order valence-electron chi connectivity index (χ1n) is 9.36. The van der Waals surface area contributed by atoms with Gasteiger partial charge in [0, 0.05) is 17.5 Å². The van der Waals surface area contributed by atoms with Crippen LogP contribution in [0.15, 0.2) is 24.3 Å². The molecule has 0 amide bonds. The van der Waals surface area contributed by atoms with Gasteiger partial charge in [0.15, 0.2) is 11.9 Å². The van der Waals surface area contributed by atoms with Crippen LogP contribution in [0.5, 0.6) is 0 Å². The highest BCUT2D eigenvalue weighted by Gasteiger charge is 2.55. The Bertz CT molecular complexity index is 736. The van der Waals surface area contributed by atoms with Crippen molar-refractivity contribution >= 4 is 17.4 Å². The molecular formula is C20H23NO5. The summed E-state index contributed by atoms with van der Waals surface area (Å²) in [6.07, 6.45) is 5.69. The summed E-state index contributed by atoms with van der Waals surface area (Å²) in [5.41, 5.74) is -0.388. The molecule has 6 heteroatoms. The van der Waals surface area contributed by atoms with Crippen LogP contribution in [-0.2, 0) is 9.53 Å². The molecule has 0 N–H and O–H groups in total. The Morgan fingerprint density at radius 1 is 1.15 bits per heavy atom. The minimum atomic E-state index is -0.821. The molecule has 5 rings (SSSR count). The average molecular weight is 357 g/mol. The monoisotopic (exact) mass is 357 g/mol. The Morgan fingerprint density at radius 3 is 2.27 bits per heavy atom. The number of hydrogen-bond donors (Lipinski definition) is 0. The lowest BCUT2D eigenvalue weighted by Gasteiger charge is -2.56. The van der Waals surface area contributed by atoms with Crippen molar-refractivity contribution in [2.24, 2.45) is 23.2 Å². The van der Waals surface area contributed by atoms with Crippen molar-refractivity contribution in [2.45, 2.75) is 51.6 Å². The minimum Gasteiger partial charge on any atom is -0.451 e. The number of carbonyl (C=O) groups excluding carboxylic acids is 2. The highest BCUT2D eigenvalue weighted by atomic mass is 16.6. The molecule has 6 nitrogen and oxygen atoms in total. The fourth-order valence-electron chi connectivity index (χ4n) is 5.87. The number of rotatable bonds is 5. The summed E-state index contributed by atoms with van der Waals surface area (Å²) in [5.74, 6) is 1.29. The fourth-order valence-corrected chi connectivity index (χ4v) is 5.87. The summed E-state index contributed by atoms with van der Waals surface area (Å²) in [5, 5.41) is 10.9. The van der Waals surface area contributed by atoms with Gasteiger partial charge in [-0.3, -0.25) is 14.9 Å². The van der Waals surface area contributed by atoms with E-state index in [2.05, 4.69) is 0 Å². The quantitative estimate of drug-likeness (QED) is 0.453. The molecule has 0 aliphatic heterocycles. The van der Waals surface area contributed by atoms with Gasteiger partial charge in [-0.25, -0.2) is 4.79 Å². The van der Waals surface area contributed by atoms with Crippen molar-refractivity contribution in [1.82, 2.24) is 0 Å². The summed E-state index contributed by atoms with van der Waals surface area (Å²) in [7, 11) is 0. The number of Topliss-reactive ketones (excluding diaryl/α,β-unsaturated/α-hetero) is 1. The van der Waals surface area contributed by atoms with Crippen molar-refractivity contribution in [3.05, 3.63) is 39.9 Å². The second-order valence-corrected chi connectivity index (χ2v) is 8.42. The molecule has 0 unspecified atom stereocenters. The molecule has 4 aliphatic carbocycles. The van der Waals surface area contributed by atoms with E-state index in [9.17, 15) is 19.7 Å². The number of nitro benzene ring substituents is 1. The third-order valence-corrected chi connectivity index (χ3v) is 6.51. The van der Waals surface area contributed by atoms with Crippen LogP contribution in [0.2, 0.25) is 0 Å². The molecule has 0 saturated heterocycles. The lowest BCUT2D eigenvalue weighted by Crippen LogP contribution is -2.52. The molecule has 4 aliphatic rings. The van der Waals surface area contributed by atoms with Gasteiger partial charge in [-0.05, 0) is 69.3 Å². The van der Waals surface area contributed by atoms with Crippen LogP contribution in [-0.4, -0.2) is 22.8 Å². The molecule has 0 radical (unpaired) electrons. The zero-order valence-corrected chi connectivity index (χ0v) is 14.8. The molecule has 26 heavy (non-hydrogen) atoms. The predicted molar refractivity (Wildman–Crippen MR) is 93.6 cm³/mol. The van der Waals surface area contributed by atoms with Crippen molar-refractivity contribution in [3.8, 4) is 0 Å². The van der Waals surface area contributed by atoms with Crippen molar-refractivity contribution in [2.75, 3.05) is 0 Å². The summed E-state index contributed by atoms with van der Waals surface area (Å²) >= 11 is 0. The summed E-state index contributed by atoms with van der Waals surface area (Å²) in [6, 6.07) is 5.42. The van der Waals surface area contributed by atoms with Crippen LogP contribution in [0.4, 0.5) is 5.69 Å². The van der Waals surface area contributed by atoms with Crippen LogP contribution in [0, 0.1) is 33.3 Å². The number of nitrogens with zero attached hydrogens (tertiary/aromatic N) is 1. The van der Waals surface area contributed by atoms with Gasteiger partial charge in [0.1, 0.15) is 0 Å². The molecule has 0 aromatic heterocycles. The Balaban J connectivity index is 1.47. The molecule has 138 valence electrons. The number of benzene rings is 1. The standard InChI is InChI=1S/C20H23NO5/c1-12(26-19(23)16-3-2-4-17(8-16)21(24)25)18(22)20-9-13-5-14(10-20)7-15(6-13)11-20/h2-4,8,12-15H,5-7,9-11H2,1H3/t12-,13?,14?,15?,20?/m0/s1. The third kappa shape index (κ3) is 2.91. The third-order valence-electron chi connectivity index (χ3n) is 6.51. The SMILES string of the molecule is C[C@H](OC(=O)c1cccc([N+](=O)[O-])c1)C(=O)C12CC3CC(CC(C3)C1)C2. The first-order chi connectivity index (χ1) is 12.4. The van der Waals surface area contributed by atoms with Gasteiger partial charge in [-0.2, -0.15) is 0 Å². The minimum absolute atomic E-state index is 0.0374. The number of nitro groups is 1. The second-order valence-electron chi connectivity index (χ2n) is 8.42. The van der Waals surface area contributed by atoms with Crippen LogP contribution >= 0.6 is 0 Å². The van der Waals surface area contributed by atoms with E-state index in [0.29, 0.717) is 17.8 Å². The maximum Gasteiger partial charge on any atom is 0.339 e. The van der Waals surface area contributed by atoms with E-state index >= 15 is 0 Å². The Labute approximate surface area is 152 Å². The average Bonchev–Trinajstić information content (AvgIpc) is 2.59. The highest BCUT2D eigenvalue weighted by Crippen LogP contribution is 2.60. The zero-order chi connectivity index (χ0) is 18.5. The summed E-state index contributed by atoms with van der Waals surface area (Å²) in [6.45, 7) is 1.64. The van der Waals surface area contributed by atoms with Gasteiger partial charge in [0.25, 0.3) is 5.69 Å². The van der Waals surface area contributed by atoms with Gasteiger partial charge in [0.05, 0.1) is 10.5 Å². The number of carbonyl (C=O) groups is 2. The van der Waals surface area contributed by atoms with Gasteiger partial charge < -0.3 is 4.74 Å². The van der Waals surface area contributed by atoms with Crippen LogP contribution in [0.25, 0.3) is 0 Å². The zero-order valence-electron chi connectivity index (χ0n) is 14.8. The number of esters is 1. The lowest BCUT2D eigenvalue weighted by molar-refractivity contribution is -0.384. The van der Waals surface area contributed by atoms with Crippen molar-refractivity contribution in [1.29, 1.82) is 0 Å². The molecule has 0 heterocycles. The predicted octanol–water partition coefficient (Wildman–Crippen LogP) is 3.93. The van der Waals surface area contributed by atoms with Crippen LogP contribution < -0.4 is 0 Å². The molecule has 0 spiro atoms. The van der Waals surface area contributed by atoms with Crippen molar-refractivity contribution in [3.63, 3.8) is 0 Å². The largest absolute Gasteiger partial charge is 0.451 e. The van der Waals surface area contributed by atoms with Gasteiger partial charge in [0.2, 0.25) is 0 Å². The summed E-state index contributed by atoms with van der Waals surface area (Å²) in [4.78, 5) is 35.8. The van der Waals surface area contributed by atoms with E-state index in [4.69, 9.17) is 4.74 Å². The first kappa shape index (κ1) is 17.2. The number of ether oxygens (including phenoxy) is 1. The van der Waals surface area contributed by atoms with E-state index in [-0.39, 0.29) is 22.4 Å². The van der Waals surface area contributed by atoms with E-state index in [1.54, 1.807) is 6.92 Å². The molecule has 4 bridgehead atoms. The fraction of sp³-hybridized carbons (Fsp3) is 0.600. The molecule has 1 atom stereocenters. The maximum absolute atomic E-state index is 13.2. The molecular weight excluding hydrogens is 334 g/mol. The smallest absolute Gasteiger partial charge is 0.339 e. The first-order valence-corrected chi connectivity index (χ1v) is 9.36. The Hall–Kier alpha value is -2.24. The highest BCUT2D eigenvalue weighted by molar-refractivity contribution is 5.95. The van der Waals surface area contributed by atoms with Gasteiger partial charge in [-0.1, -0.05) is 6.07 Å². The van der Waals surface area contributed by atoms with Crippen molar-refractivity contribution < 1.29 is 19.2 Å². The maximum atomic E-state index is 13.2.